The number of nitrogens with zero attached hydrogens (tertiary/aromatic N) is 2. The van der Waals surface area contributed by atoms with Gasteiger partial charge in [0.2, 0.25) is 0 Å². The number of nitrogens with one attached hydrogen (secondary N) is 1. The highest BCUT2D eigenvalue weighted by atomic mass is 16.6. The maximum atomic E-state index is 11.4. The fourth-order valence-corrected chi connectivity index (χ4v) is 3.19. The molecule has 0 saturated carbocycles. The van der Waals surface area contributed by atoms with Gasteiger partial charge in [-0.3, -0.25) is 10.1 Å². The number of nitro groups is 1. The van der Waals surface area contributed by atoms with E-state index < -0.39 is 0 Å². The van der Waals surface area contributed by atoms with E-state index in [4.69, 9.17) is 4.74 Å². The highest BCUT2D eigenvalue weighted by Gasteiger charge is 2.33. The summed E-state index contributed by atoms with van der Waals surface area (Å²) in [5.74, 6) is 0. The molecule has 0 amide bonds. The Labute approximate surface area is 122 Å². The van der Waals surface area contributed by atoms with Crippen molar-refractivity contribution in [3.05, 3.63) is 27.8 Å². The molecule has 7 nitrogen and oxygen atoms in total. The third-order valence-corrected chi connectivity index (χ3v) is 3.99. The number of aliphatic hydroxyl groups excluding tert-OH is 1. The predicted octanol–water partition coefficient (Wildman–Crippen LogP) is 1.15. The van der Waals surface area contributed by atoms with Crippen molar-refractivity contribution < 1.29 is 14.8 Å². The molecule has 3 rings (SSSR count). The van der Waals surface area contributed by atoms with Gasteiger partial charge in [0.15, 0.2) is 0 Å². The van der Waals surface area contributed by atoms with Gasteiger partial charge in [0, 0.05) is 37.0 Å². The molecule has 7 heteroatoms. The van der Waals surface area contributed by atoms with Crippen molar-refractivity contribution in [2.75, 3.05) is 36.5 Å². The van der Waals surface area contributed by atoms with E-state index in [1.165, 1.54) is 0 Å². The molecule has 1 aromatic rings. The number of hydrogen-bond acceptors (Lipinski definition) is 6. The molecule has 0 spiro atoms. The lowest BCUT2D eigenvalue weighted by Crippen LogP contribution is -2.48. The summed E-state index contributed by atoms with van der Waals surface area (Å²) in [6.45, 7) is 3.70. The molecule has 1 fully saturated rings. The summed E-state index contributed by atoms with van der Waals surface area (Å²) < 4.78 is 5.63. The third-order valence-electron chi connectivity index (χ3n) is 3.99. The van der Waals surface area contributed by atoms with E-state index in [1.54, 1.807) is 12.1 Å². The number of morpholine rings is 1. The lowest BCUT2D eigenvalue weighted by molar-refractivity contribution is -0.384. The molecule has 0 bridgehead atoms. The maximum absolute atomic E-state index is 11.4. The highest BCUT2D eigenvalue weighted by Crippen LogP contribution is 2.40. The van der Waals surface area contributed by atoms with E-state index in [9.17, 15) is 15.2 Å². The van der Waals surface area contributed by atoms with Crippen LogP contribution in [0.4, 0.5) is 17.1 Å². The third kappa shape index (κ3) is 2.54. The molecule has 2 atom stereocenters. The van der Waals surface area contributed by atoms with Crippen LogP contribution >= 0.6 is 0 Å². The standard InChI is InChI=1S/C14H19N3O4/c1-9-6-16(7-10(8-18)21-9)14-11-4-5-15-12(11)2-3-13(14)17(19)20/h2-3,9-10,15,18H,4-8H2,1H3/t9-,10-/m1/s1. The van der Waals surface area contributed by atoms with Gasteiger partial charge in [0.1, 0.15) is 5.69 Å². The first-order chi connectivity index (χ1) is 10.1. The van der Waals surface area contributed by atoms with Crippen LogP contribution in [0.1, 0.15) is 12.5 Å². The van der Waals surface area contributed by atoms with Crippen LogP contribution < -0.4 is 10.2 Å². The van der Waals surface area contributed by atoms with Gasteiger partial charge in [0.05, 0.1) is 23.7 Å². The van der Waals surface area contributed by atoms with E-state index in [1.807, 2.05) is 11.8 Å². The molecular formula is C14H19N3O4. The van der Waals surface area contributed by atoms with Gasteiger partial charge in [0.25, 0.3) is 5.69 Å². The minimum absolute atomic E-state index is 0.0688. The SMILES string of the molecule is C[C@@H]1CN(c2c([N+](=O)[O-])ccc3c2CCN3)C[C@H](CO)O1. The first kappa shape index (κ1) is 14.1. The van der Waals surface area contributed by atoms with E-state index in [-0.39, 0.29) is 29.4 Å². The van der Waals surface area contributed by atoms with Gasteiger partial charge >= 0.3 is 0 Å². The van der Waals surface area contributed by atoms with Crippen LogP contribution in [0, 0.1) is 10.1 Å². The number of rotatable bonds is 3. The van der Waals surface area contributed by atoms with Crippen LogP contribution in [0.3, 0.4) is 0 Å². The summed E-state index contributed by atoms with van der Waals surface area (Å²) in [4.78, 5) is 13.0. The van der Waals surface area contributed by atoms with Crippen molar-refractivity contribution in [2.45, 2.75) is 25.6 Å². The van der Waals surface area contributed by atoms with Gasteiger partial charge < -0.3 is 20.1 Å². The monoisotopic (exact) mass is 293 g/mol. The molecule has 1 aromatic carbocycles. The molecule has 0 unspecified atom stereocenters. The van der Waals surface area contributed by atoms with E-state index in [0.717, 1.165) is 24.2 Å². The van der Waals surface area contributed by atoms with Crippen LogP contribution in [0.25, 0.3) is 0 Å². The molecule has 21 heavy (non-hydrogen) atoms. The fraction of sp³-hybridized carbons (Fsp3) is 0.571. The quantitative estimate of drug-likeness (QED) is 0.642. The van der Waals surface area contributed by atoms with Gasteiger partial charge in [-0.15, -0.1) is 0 Å². The number of nitro benzene ring substituents is 1. The normalized spacial score (nSPS) is 24.6. The lowest BCUT2D eigenvalue weighted by Gasteiger charge is -2.38. The Balaban J connectivity index is 2.03. The second-order valence-electron chi connectivity index (χ2n) is 5.55. The average Bonchev–Trinajstić information content (AvgIpc) is 2.93. The van der Waals surface area contributed by atoms with Crippen LogP contribution in [-0.2, 0) is 11.2 Å². The summed E-state index contributed by atoms with van der Waals surface area (Å²) in [7, 11) is 0. The summed E-state index contributed by atoms with van der Waals surface area (Å²) >= 11 is 0. The highest BCUT2D eigenvalue weighted by molar-refractivity contribution is 5.78. The van der Waals surface area contributed by atoms with Crippen LogP contribution in [-0.4, -0.2) is 48.5 Å². The van der Waals surface area contributed by atoms with E-state index in [0.29, 0.717) is 18.8 Å². The molecule has 1 saturated heterocycles. The molecule has 0 aromatic heterocycles. The Morgan fingerprint density at radius 2 is 2.33 bits per heavy atom. The van der Waals surface area contributed by atoms with Crippen molar-refractivity contribution in [3.63, 3.8) is 0 Å². The van der Waals surface area contributed by atoms with E-state index in [2.05, 4.69) is 5.32 Å². The molecule has 0 radical (unpaired) electrons. The van der Waals surface area contributed by atoms with Crippen molar-refractivity contribution in [1.29, 1.82) is 0 Å². The minimum atomic E-state index is -0.331. The minimum Gasteiger partial charge on any atom is -0.394 e. The summed E-state index contributed by atoms with van der Waals surface area (Å²) in [6, 6.07) is 3.33. The van der Waals surface area contributed by atoms with Gasteiger partial charge in [-0.05, 0) is 19.4 Å². The number of anilines is 2. The molecule has 0 aliphatic carbocycles. The Kier molecular flexibility index (Phi) is 3.69. The number of fused-ring (bicyclic) bond motifs is 1. The van der Waals surface area contributed by atoms with Crippen molar-refractivity contribution in [2.24, 2.45) is 0 Å². The second kappa shape index (κ2) is 5.50. The van der Waals surface area contributed by atoms with Gasteiger partial charge in [-0.2, -0.15) is 0 Å². The average molecular weight is 293 g/mol. The zero-order valence-electron chi connectivity index (χ0n) is 11.9. The Morgan fingerprint density at radius 1 is 1.52 bits per heavy atom. The number of ether oxygens (including phenoxy) is 1. The van der Waals surface area contributed by atoms with Crippen LogP contribution in [0.15, 0.2) is 12.1 Å². The molecular weight excluding hydrogens is 274 g/mol. The Hall–Kier alpha value is -1.86. The maximum Gasteiger partial charge on any atom is 0.292 e. The second-order valence-corrected chi connectivity index (χ2v) is 5.55. The summed E-state index contributed by atoms with van der Waals surface area (Å²) in [5, 5.41) is 24.0. The Morgan fingerprint density at radius 3 is 3.05 bits per heavy atom. The smallest absolute Gasteiger partial charge is 0.292 e. The van der Waals surface area contributed by atoms with Crippen LogP contribution in [0.5, 0.6) is 0 Å². The zero-order valence-corrected chi connectivity index (χ0v) is 11.9. The Bertz CT molecular complexity index is 563. The number of hydrogen-bond donors (Lipinski definition) is 2. The van der Waals surface area contributed by atoms with Crippen molar-refractivity contribution in [3.8, 4) is 0 Å². The zero-order chi connectivity index (χ0) is 15.0. The number of aliphatic hydroxyl groups is 1. The fourth-order valence-electron chi connectivity index (χ4n) is 3.19. The molecule has 2 aliphatic rings. The van der Waals surface area contributed by atoms with Gasteiger partial charge in [-0.1, -0.05) is 0 Å². The summed E-state index contributed by atoms with van der Waals surface area (Å²) in [5.41, 5.74) is 2.77. The topological polar surface area (TPSA) is 87.9 Å². The van der Waals surface area contributed by atoms with Crippen LogP contribution in [0.2, 0.25) is 0 Å². The van der Waals surface area contributed by atoms with Crippen molar-refractivity contribution in [1.82, 2.24) is 0 Å². The molecule has 2 aliphatic heterocycles. The van der Waals surface area contributed by atoms with Crippen molar-refractivity contribution >= 4 is 17.1 Å². The van der Waals surface area contributed by atoms with Gasteiger partial charge in [-0.25, -0.2) is 0 Å². The summed E-state index contributed by atoms with van der Waals surface area (Å²) in [6.07, 6.45) is 0.404. The molecule has 2 N–H and O–H groups in total. The molecule has 2 heterocycles. The first-order valence-electron chi connectivity index (χ1n) is 7.15. The number of benzene rings is 1. The first-order valence-corrected chi connectivity index (χ1v) is 7.15. The predicted molar refractivity (Wildman–Crippen MR) is 78.9 cm³/mol. The lowest BCUT2D eigenvalue weighted by atomic mass is 10.1. The molecule has 114 valence electrons. The largest absolute Gasteiger partial charge is 0.394 e. The van der Waals surface area contributed by atoms with E-state index >= 15 is 0 Å².